The van der Waals surface area contributed by atoms with Crippen molar-refractivity contribution in [1.29, 1.82) is 0 Å². The second kappa shape index (κ2) is 8.58. The van der Waals surface area contributed by atoms with Crippen molar-refractivity contribution < 1.29 is 22.7 Å². The lowest BCUT2D eigenvalue weighted by atomic mass is 10.1. The summed E-state index contributed by atoms with van der Waals surface area (Å²) in [6.07, 6.45) is -2.86. The third kappa shape index (κ3) is 4.29. The van der Waals surface area contributed by atoms with Crippen LogP contribution in [-0.4, -0.2) is 23.0 Å². The summed E-state index contributed by atoms with van der Waals surface area (Å²) in [5.74, 6) is 0.105. The second-order valence-electron chi connectivity index (χ2n) is 7.05. The van der Waals surface area contributed by atoms with Crippen LogP contribution in [0.3, 0.4) is 0 Å². The number of nitrogens with zero attached hydrogens (tertiary/aromatic N) is 3. The Bertz CT molecular complexity index is 1260. The minimum absolute atomic E-state index is 0.113. The Morgan fingerprint density at radius 2 is 1.84 bits per heavy atom. The van der Waals surface area contributed by atoms with Crippen LogP contribution >= 0.6 is 11.3 Å². The Labute approximate surface area is 186 Å². The van der Waals surface area contributed by atoms with Crippen molar-refractivity contribution in [3.63, 3.8) is 0 Å². The largest absolute Gasteiger partial charge is 0.494 e. The van der Waals surface area contributed by atoms with Gasteiger partial charge in [-0.2, -0.15) is 13.2 Å². The average Bonchev–Trinajstić information content (AvgIpc) is 3.24. The molecular formula is C23H18F3N3O2S. The van der Waals surface area contributed by atoms with E-state index in [1.807, 2.05) is 19.1 Å². The summed E-state index contributed by atoms with van der Waals surface area (Å²) in [5.41, 5.74) is 1.53. The van der Waals surface area contributed by atoms with Crippen molar-refractivity contribution in [2.45, 2.75) is 19.6 Å². The fourth-order valence-electron chi connectivity index (χ4n) is 3.22. The van der Waals surface area contributed by atoms with E-state index in [-0.39, 0.29) is 12.1 Å². The molecule has 2 aromatic heterocycles. The van der Waals surface area contributed by atoms with Crippen molar-refractivity contribution in [1.82, 2.24) is 9.97 Å². The number of thiazole rings is 1. The highest BCUT2D eigenvalue weighted by atomic mass is 32.1. The number of halogens is 3. The molecule has 0 aliphatic rings. The van der Waals surface area contributed by atoms with Crippen LogP contribution in [0.15, 0.2) is 60.8 Å². The van der Waals surface area contributed by atoms with Crippen LogP contribution in [-0.2, 0) is 12.7 Å². The number of aryl methyl sites for hydroxylation is 1. The smallest absolute Gasteiger partial charge is 0.416 e. The lowest BCUT2D eigenvalue weighted by Crippen LogP contribution is -2.30. The molecule has 4 rings (SSSR count). The average molecular weight is 457 g/mol. The Morgan fingerprint density at radius 1 is 1.09 bits per heavy atom. The molecule has 9 heteroatoms. The second-order valence-corrected chi connectivity index (χ2v) is 8.02. The van der Waals surface area contributed by atoms with E-state index in [1.165, 1.54) is 28.4 Å². The fraction of sp³-hybridized carbons (Fsp3) is 0.174. The molecule has 0 saturated carbocycles. The van der Waals surface area contributed by atoms with Crippen LogP contribution < -0.4 is 9.64 Å². The molecule has 32 heavy (non-hydrogen) atoms. The van der Waals surface area contributed by atoms with Crippen LogP contribution in [0, 0.1) is 6.92 Å². The van der Waals surface area contributed by atoms with Crippen molar-refractivity contribution in [2.24, 2.45) is 0 Å². The number of carbonyl (C=O) groups is 1. The zero-order chi connectivity index (χ0) is 22.9. The van der Waals surface area contributed by atoms with Crippen LogP contribution in [0.4, 0.5) is 18.3 Å². The normalized spacial score (nSPS) is 11.5. The Balaban J connectivity index is 1.78. The number of anilines is 1. The van der Waals surface area contributed by atoms with E-state index in [9.17, 15) is 18.0 Å². The molecule has 0 aliphatic heterocycles. The molecule has 0 radical (unpaired) electrons. The first-order valence-corrected chi connectivity index (χ1v) is 10.4. The van der Waals surface area contributed by atoms with Crippen LogP contribution in [0.25, 0.3) is 10.2 Å². The zero-order valence-electron chi connectivity index (χ0n) is 17.2. The summed E-state index contributed by atoms with van der Waals surface area (Å²) in [5, 5.41) is 0.406. The molecule has 0 bridgehead atoms. The molecule has 4 aromatic rings. The SMILES string of the molecule is COc1ccc(C)c2sc(N(Cc3ccccn3)C(=O)c3ccc(C(F)(F)F)cc3)nc12. The standard InChI is InChI=1S/C23H18F3N3O2S/c1-14-6-11-18(31-2)19-20(14)32-22(28-19)29(13-17-5-3-4-12-27-17)21(30)15-7-9-16(10-8-15)23(24,25)26/h3-12H,13H2,1-2H3. The molecule has 2 heterocycles. The van der Waals surface area contributed by atoms with Gasteiger partial charge in [0.1, 0.15) is 11.3 Å². The van der Waals surface area contributed by atoms with Gasteiger partial charge in [-0.05, 0) is 55.0 Å². The summed E-state index contributed by atoms with van der Waals surface area (Å²) >= 11 is 1.32. The summed E-state index contributed by atoms with van der Waals surface area (Å²) in [6.45, 7) is 2.05. The number of hydrogen-bond donors (Lipinski definition) is 0. The topological polar surface area (TPSA) is 55.3 Å². The number of aromatic nitrogens is 2. The molecule has 164 valence electrons. The first-order chi connectivity index (χ1) is 15.3. The maximum atomic E-state index is 13.4. The summed E-state index contributed by atoms with van der Waals surface area (Å²) < 4.78 is 45.1. The quantitative estimate of drug-likeness (QED) is 0.376. The minimum Gasteiger partial charge on any atom is -0.494 e. The van der Waals surface area contributed by atoms with Gasteiger partial charge in [-0.15, -0.1) is 0 Å². The number of ether oxygens (including phenoxy) is 1. The Morgan fingerprint density at radius 3 is 2.47 bits per heavy atom. The summed E-state index contributed by atoms with van der Waals surface area (Å²) in [4.78, 5) is 23.7. The molecule has 0 spiro atoms. The number of pyridine rings is 1. The molecule has 0 aliphatic carbocycles. The van der Waals surface area contributed by atoms with Gasteiger partial charge in [-0.3, -0.25) is 14.7 Å². The molecule has 5 nitrogen and oxygen atoms in total. The first kappa shape index (κ1) is 21.8. The third-order valence-electron chi connectivity index (χ3n) is 4.89. The number of alkyl halides is 3. The van der Waals surface area contributed by atoms with E-state index in [0.29, 0.717) is 22.1 Å². The maximum absolute atomic E-state index is 13.4. The fourth-order valence-corrected chi connectivity index (χ4v) is 4.27. The predicted molar refractivity (Wildman–Crippen MR) is 117 cm³/mol. The molecule has 0 fully saturated rings. The molecule has 0 N–H and O–H groups in total. The number of carbonyl (C=O) groups excluding carboxylic acids is 1. The van der Waals surface area contributed by atoms with Crippen molar-refractivity contribution in [3.8, 4) is 5.75 Å². The molecule has 0 saturated heterocycles. The Hall–Kier alpha value is -3.46. The predicted octanol–water partition coefficient (Wildman–Crippen LogP) is 5.87. The first-order valence-electron chi connectivity index (χ1n) is 9.61. The summed E-state index contributed by atoms with van der Waals surface area (Å²) in [6, 6.07) is 13.2. The summed E-state index contributed by atoms with van der Waals surface area (Å²) in [7, 11) is 1.54. The van der Waals surface area contributed by atoms with Gasteiger partial charge in [0, 0.05) is 11.8 Å². The van der Waals surface area contributed by atoms with Gasteiger partial charge in [-0.1, -0.05) is 23.5 Å². The van der Waals surface area contributed by atoms with Gasteiger partial charge in [-0.25, -0.2) is 4.98 Å². The van der Waals surface area contributed by atoms with Gasteiger partial charge < -0.3 is 4.74 Å². The monoisotopic (exact) mass is 457 g/mol. The number of rotatable bonds is 5. The van der Waals surface area contributed by atoms with E-state index < -0.39 is 17.6 Å². The highest BCUT2D eigenvalue weighted by Crippen LogP contribution is 2.37. The minimum atomic E-state index is -4.48. The van der Waals surface area contributed by atoms with Gasteiger partial charge >= 0.3 is 6.18 Å². The number of fused-ring (bicyclic) bond motifs is 1. The van der Waals surface area contributed by atoms with Crippen LogP contribution in [0.5, 0.6) is 5.75 Å². The third-order valence-corrected chi connectivity index (χ3v) is 6.11. The molecule has 1 amide bonds. The van der Waals surface area contributed by atoms with E-state index in [4.69, 9.17) is 4.74 Å². The van der Waals surface area contributed by atoms with Crippen LogP contribution in [0.2, 0.25) is 0 Å². The molecular weight excluding hydrogens is 439 g/mol. The van der Waals surface area contributed by atoms with Crippen molar-refractivity contribution >= 4 is 32.6 Å². The van der Waals surface area contributed by atoms with Gasteiger partial charge in [0.25, 0.3) is 5.91 Å². The number of methoxy groups -OCH3 is 1. The number of benzene rings is 2. The van der Waals surface area contributed by atoms with E-state index in [1.54, 1.807) is 31.5 Å². The van der Waals surface area contributed by atoms with Gasteiger partial charge in [0.15, 0.2) is 5.13 Å². The zero-order valence-corrected chi connectivity index (χ0v) is 18.0. The Kier molecular flexibility index (Phi) is 5.84. The lowest BCUT2D eigenvalue weighted by Gasteiger charge is -2.20. The maximum Gasteiger partial charge on any atom is 0.416 e. The molecule has 0 atom stereocenters. The number of hydrogen-bond acceptors (Lipinski definition) is 5. The van der Waals surface area contributed by atoms with E-state index in [2.05, 4.69) is 9.97 Å². The lowest BCUT2D eigenvalue weighted by molar-refractivity contribution is -0.137. The highest BCUT2D eigenvalue weighted by molar-refractivity contribution is 7.22. The molecule has 2 aromatic carbocycles. The molecule has 0 unspecified atom stereocenters. The van der Waals surface area contributed by atoms with E-state index >= 15 is 0 Å². The van der Waals surface area contributed by atoms with Crippen molar-refractivity contribution in [3.05, 3.63) is 83.2 Å². The van der Waals surface area contributed by atoms with E-state index in [0.717, 1.165) is 22.4 Å². The van der Waals surface area contributed by atoms with Gasteiger partial charge in [0.2, 0.25) is 0 Å². The van der Waals surface area contributed by atoms with Crippen LogP contribution in [0.1, 0.15) is 27.2 Å². The number of amides is 1. The van der Waals surface area contributed by atoms with Crippen molar-refractivity contribution in [2.75, 3.05) is 12.0 Å². The highest BCUT2D eigenvalue weighted by Gasteiger charge is 2.31. The van der Waals surface area contributed by atoms with Gasteiger partial charge in [0.05, 0.1) is 29.6 Å².